The second kappa shape index (κ2) is 8.35. The molecule has 0 aliphatic heterocycles. The minimum Gasteiger partial charge on any atom is -0.481 e. The number of rotatable bonds is 7. The molecule has 0 saturated heterocycles. The zero-order chi connectivity index (χ0) is 11.7. The van der Waals surface area contributed by atoms with Crippen LogP contribution in [0.15, 0.2) is 11.5 Å². The van der Waals surface area contributed by atoms with Crippen LogP contribution in [0.4, 0.5) is 0 Å². The second-order valence-corrected chi connectivity index (χ2v) is 3.87. The van der Waals surface area contributed by atoms with Crippen LogP contribution in [0.5, 0.6) is 0 Å². The van der Waals surface area contributed by atoms with Crippen molar-refractivity contribution in [2.24, 2.45) is 0 Å². The highest BCUT2D eigenvalue weighted by Gasteiger charge is 2.13. The number of carbonyl (C=O) groups is 2. The smallest absolute Gasteiger partial charge is 0.305 e. The number of nitrogens with one attached hydrogen (secondary N) is 1. The van der Waals surface area contributed by atoms with Gasteiger partial charge in [0.1, 0.15) is 0 Å². The molecule has 2 N–H and O–H groups in total. The summed E-state index contributed by atoms with van der Waals surface area (Å²) in [5, 5.41) is 13.0. The topological polar surface area (TPSA) is 66.4 Å². The summed E-state index contributed by atoms with van der Waals surface area (Å²) in [4.78, 5) is 21.8. The van der Waals surface area contributed by atoms with E-state index in [1.807, 2.05) is 13.2 Å². The summed E-state index contributed by atoms with van der Waals surface area (Å²) in [7, 11) is 0. The van der Waals surface area contributed by atoms with E-state index in [0.717, 1.165) is 6.42 Å². The van der Waals surface area contributed by atoms with Crippen LogP contribution in [-0.4, -0.2) is 29.3 Å². The highest BCUT2D eigenvalue weighted by Crippen LogP contribution is 2.02. The Hall–Kier alpha value is -0.970. The summed E-state index contributed by atoms with van der Waals surface area (Å²) in [5.41, 5.74) is 0. The Bertz CT molecular complexity index is 241. The molecule has 0 aromatic heterocycles. The van der Waals surface area contributed by atoms with Gasteiger partial charge in [-0.15, -0.1) is 11.8 Å². The molecule has 15 heavy (non-hydrogen) atoms. The number of carbonyl (C=O) groups excluding carboxylic acids is 1. The molecule has 0 rings (SSSR count). The van der Waals surface area contributed by atoms with E-state index >= 15 is 0 Å². The first-order chi connectivity index (χ1) is 7.10. The third kappa shape index (κ3) is 8.05. The number of aliphatic carboxylic acids is 1. The molecule has 0 aromatic rings. The number of thioether (sulfide) groups is 1. The molecule has 0 fully saturated rings. The van der Waals surface area contributed by atoms with Gasteiger partial charge in [-0.1, -0.05) is 13.3 Å². The molecule has 1 atom stereocenters. The van der Waals surface area contributed by atoms with E-state index in [4.69, 9.17) is 5.11 Å². The van der Waals surface area contributed by atoms with E-state index in [0.29, 0.717) is 6.42 Å². The van der Waals surface area contributed by atoms with Crippen molar-refractivity contribution < 1.29 is 14.7 Å². The van der Waals surface area contributed by atoms with E-state index in [1.165, 1.54) is 17.8 Å². The minimum atomic E-state index is -0.886. The lowest BCUT2D eigenvalue weighted by atomic mass is 10.1. The quantitative estimate of drug-likeness (QED) is 0.653. The van der Waals surface area contributed by atoms with Gasteiger partial charge in [0.05, 0.1) is 6.42 Å². The molecule has 0 aliphatic carbocycles. The van der Waals surface area contributed by atoms with Crippen molar-refractivity contribution in [2.75, 3.05) is 6.26 Å². The lowest BCUT2D eigenvalue weighted by molar-refractivity contribution is -0.137. The number of hydrogen-bond acceptors (Lipinski definition) is 3. The van der Waals surface area contributed by atoms with Crippen LogP contribution in [0.1, 0.15) is 26.2 Å². The highest BCUT2D eigenvalue weighted by atomic mass is 32.2. The first kappa shape index (κ1) is 14.0. The van der Waals surface area contributed by atoms with E-state index in [2.05, 4.69) is 5.32 Å². The highest BCUT2D eigenvalue weighted by molar-refractivity contribution is 8.01. The van der Waals surface area contributed by atoms with Gasteiger partial charge in [0, 0.05) is 12.1 Å². The van der Waals surface area contributed by atoms with Crippen molar-refractivity contribution in [3.8, 4) is 0 Å². The fourth-order valence-corrected chi connectivity index (χ4v) is 1.42. The van der Waals surface area contributed by atoms with Crippen molar-refractivity contribution in [3.63, 3.8) is 0 Å². The van der Waals surface area contributed by atoms with Gasteiger partial charge in [-0.25, -0.2) is 0 Å². The van der Waals surface area contributed by atoms with Gasteiger partial charge < -0.3 is 10.4 Å². The summed E-state index contributed by atoms with van der Waals surface area (Å²) in [6.07, 6.45) is 4.78. The molecule has 86 valence electrons. The molecular weight excluding hydrogens is 214 g/mol. The van der Waals surface area contributed by atoms with Crippen LogP contribution in [0.25, 0.3) is 0 Å². The SMILES string of the molecule is CCCC(CC(=O)O)NC(=O)/C=C/SC. The Balaban J connectivity index is 4.08. The van der Waals surface area contributed by atoms with Crippen LogP contribution >= 0.6 is 11.8 Å². The standard InChI is InChI=1S/C10H17NO3S/c1-3-4-8(7-10(13)14)11-9(12)5-6-15-2/h5-6,8H,3-4,7H2,1-2H3,(H,11,12)(H,13,14)/b6-5+. The van der Waals surface area contributed by atoms with Crippen molar-refractivity contribution >= 4 is 23.6 Å². The first-order valence-corrected chi connectivity index (χ1v) is 6.10. The monoisotopic (exact) mass is 231 g/mol. The molecule has 1 unspecified atom stereocenters. The van der Waals surface area contributed by atoms with Gasteiger partial charge in [0.15, 0.2) is 0 Å². The summed E-state index contributed by atoms with van der Waals surface area (Å²) in [6, 6.07) is -0.272. The number of carboxylic acid groups (broad SMARTS) is 1. The summed E-state index contributed by atoms with van der Waals surface area (Å²) < 4.78 is 0. The number of hydrogen-bond donors (Lipinski definition) is 2. The predicted octanol–water partition coefficient (Wildman–Crippen LogP) is 1.62. The zero-order valence-electron chi connectivity index (χ0n) is 9.03. The molecule has 5 heteroatoms. The van der Waals surface area contributed by atoms with Crippen LogP contribution in [0, 0.1) is 0 Å². The Morgan fingerprint density at radius 1 is 1.53 bits per heavy atom. The van der Waals surface area contributed by atoms with Gasteiger partial charge in [-0.3, -0.25) is 9.59 Å². The predicted molar refractivity (Wildman–Crippen MR) is 61.7 cm³/mol. The van der Waals surface area contributed by atoms with E-state index in [1.54, 1.807) is 5.41 Å². The van der Waals surface area contributed by atoms with E-state index in [-0.39, 0.29) is 18.4 Å². The number of carboxylic acids is 1. The Kier molecular flexibility index (Phi) is 7.81. The average Bonchev–Trinajstić information content (AvgIpc) is 2.14. The van der Waals surface area contributed by atoms with Crippen LogP contribution in [0.2, 0.25) is 0 Å². The molecule has 4 nitrogen and oxygen atoms in total. The molecule has 0 saturated carbocycles. The maximum Gasteiger partial charge on any atom is 0.305 e. The second-order valence-electron chi connectivity index (χ2n) is 3.13. The largest absolute Gasteiger partial charge is 0.481 e. The lowest BCUT2D eigenvalue weighted by Gasteiger charge is -2.14. The van der Waals surface area contributed by atoms with Gasteiger partial charge in [0.25, 0.3) is 0 Å². The summed E-state index contributed by atoms with van der Waals surface area (Å²) in [5.74, 6) is -1.12. The fraction of sp³-hybridized carbons (Fsp3) is 0.600. The molecular formula is C10H17NO3S. The molecule has 0 aromatic carbocycles. The molecule has 0 radical (unpaired) electrons. The fourth-order valence-electron chi connectivity index (χ4n) is 1.16. The normalized spacial score (nSPS) is 12.7. The molecule has 0 spiro atoms. The van der Waals surface area contributed by atoms with Crippen LogP contribution < -0.4 is 5.32 Å². The molecule has 1 amide bonds. The van der Waals surface area contributed by atoms with Gasteiger partial charge in [0.2, 0.25) is 5.91 Å². The average molecular weight is 231 g/mol. The molecule has 0 bridgehead atoms. The van der Waals surface area contributed by atoms with E-state index in [9.17, 15) is 9.59 Å². The van der Waals surface area contributed by atoms with Crippen molar-refractivity contribution in [1.82, 2.24) is 5.32 Å². The lowest BCUT2D eigenvalue weighted by Crippen LogP contribution is -2.35. The maximum atomic E-state index is 11.3. The summed E-state index contributed by atoms with van der Waals surface area (Å²) in [6.45, 7) is 1.96. The van der Waals surface area contributed by atoms with Gasteiger partial charge >= 0.3 is 5.97 Å². The van der Waals surface area contributed by atoms with Crippen molar-refractivity contribution in [1.29, 1.82) is 0 Å². The Morgan fingerprint density at radius 2 is 2.20 bits per heavy atom. The summed E-state index contributed by atoms with van der Waals surface area (Å²) >= 11 is 1.43. The first-order valence-electron chi connectivity index (χ1n) is 4.81. The van der Waals surface area contributed by atoms with Gasteiger partial charge in [-0.05, 0) is 18.1 Å². The Morgan fingerprint density at radius 3 is 2.67 bits per heavy atom. The maximum absolute atomic E-state index is 11.3. The van der Waals surface area contributed by atoms with Gasteiger partial charge in [-0.2, -0.15) is 0 Å². The van der Waals surface area contributed by atoms with Crippen molar-refractivity contribution in [2.45, 2.75) is 32.2 Å². The zero-order valence-corrected chi connectivity index (χ0v) is 9.84. The Labute approximate surface area is 94.1 Å². The van der Waals surface area contributed by atoms with Crippen molar-refractivity contribution in [3.05, 3.63) is 11.5 Å². The minimum absolute atomic E-state index is 0.0211. The molecule has 0 aliphatic rings. The van der Waals surface area contributed by atoms with Crippen LogP contribution in [-0.2, 0) is 9.59 Å². The molecule has 0 heterocycles. The third-order valence-corrected chi connectivity index (χ3v) is 2.17. The third-order valence-electron chi connectivity index (χ3n) is 1.76. The van der Waals surface area contributed by atoms with Crippen LogP contribution in [0.3, 0.4) is 0 Å². The number of amides is 1. The van der Waals surface area contributed by atoms with E-state index < -0.39 is 5.97 Å².